The van der Waals surface area contributed by atoms with Crippen LogP contribution in [0.2, 0.25) is 10.0 Å². The molecular weight excluding hydrogens is 462 g/mol. The highest BCUT2D eigenvalue weighted by molar-refractivity contribution is 6.46. The van der Waals surface area contributed by atoms with E-state index in [2.05, 4.69) is 5.10 Å². The van der Waals surface area contributed by atoms with E-state index in [1.54, 1.807) is 35.3 Å². The number of amides is 1. The number of carbonyl (C=O) groups is 1. The van der Waals surface area contributed by atoms with E-state index in [1.807, 2.05) is 11.9 Å². The van der Waals surface area contributed by atoms with Crippen molar-refractivity contribution in [3.05, 3.63) is 63.9 Å². The van der Waals surface area contributed by atoms with Crippen LogP contribution in [0.15, 0.2) is 47.6 Å². The van der Waals surface area contributed by atoms with Gasteiger partial charge < -0.3 is 0 Å². The number of hydrazine groups is 1. The Hall–Kier alpha value is -1.86. The molecule has 4 rings (SSSR count). The molecule has 0 aromatic heterocycles. The number of rotatable bonds is 4. The summed E-state index contributed by atoms with van der Waals surface area (Å²) >= 11 is 19.0. The van der Waals surface area contributed by atoms with Crippen molar-refractivity contribution in [2.45, 2.75) is 32.2 Å². The molecule has 0 unspecified atom stereocenters. The number of hydrazone groups is 1. The van der Waals surface area contributed by atoms with E-state index in [9.17, 15) is 9.18 Å². The van der Waals surface area contributed by atoms with E-state index < -0.39 is 0 Å². The minimum atomic E-state index is -0.365. The van der Waals surface area contributed by atoms with Gasteiger partial charge in [-0.3, -0.25) is 9.80 Å². The van der Waals surface area contributed by atoms with Gasteiger partial charge in [0, 0.05) is 35.8 Å². The smallest absolute Gasteiger partial charge is 0.265 e. The summed E-state index contributed by atoms with van der Waals surface area (Å²) in [5.41, 5.74) is 1.74. The van der Waals surface area contributed by atoms with E-state index >= 15 is 0 Å². The summed E-state index contributed by atoms with van der Waals surface area (Å²) in [5, 5.41) is 9.09. The van der Waals surface area contributed by atoms with Gasteiger partial charge in [0.1, 0.15) is 11.5 Å². The van der Waals surface area contributed by atoms with Gasteiger partial charge in [-0.2, -0.15) is 9.63 Å². The Morgan fingerprint density at radius 1 is 1.10 bits per heavy atom. The highest BCUT2D eigenvalue weighted by atomic mass is 35.5. The predicted octanol–water partition coefficient (Wildman–Crippen LogP) is 6.07. The average Bonchev–Trinajstić information content (AvgIpc) is 3.10. The molecule has 0 radical (unpaired) electrons. The van der Waals surface area contributed by atoms with Crippen LogP contribution in [0.4, 0.5) is 10.1 Å². The fourth-order valence-electron chi connectivity index (χ4n) is 4.10. The van der Waals surface area contributed by atoms with Crippen molar-refractivity contribution in [3.8, 4) is 0 Å². The first kappa shape index (κ1) is 22.3. The van der Waals surface area contributed by atoms with Gasteiger partial charge >= 0.3 is 0 Å². The fraction of sp³-hybridized carbons (Fsp3) is 0.364. The van der Waals surface area contributed by atoms with E-state index in [-0.39, 0.29) is 23.7 Å². The molecule has 2 aliphatic heterocycles. The minimum absolute atomic E-state index is 0.309. The molecule has 2 atom stereocenters. The number of benzene rings is 2. The zero-order valence-electron chi connectivity index (χ0n) is 16.9. The fourth-order valence-corrected chi connectivity index (χ4v) is 4.84. The Morgan fingerprint density at radius 3 is 2.42 bits per heavy atom. The normalized spacial score (nSPS) is 21.8. The Kier molecular flexibility index (Phi) is 6.72. The lowest BCUT2D eigenvalue weighted by molar-refractivity contribution is -0.131. The summed E-state index contributed by atoms with van der Waals surface area (Å²) in [6.07, 6.45) is 3.11. The summed E-state index contributed by atoms with van der Waals surface area (Å²) in [7, 11) is 0. The zero-order valence-corrected chi connectivity index (χ0v) is 19.2. The third kappa shape index (κ3) is 4.53. The summed E-state index contributed by atoms with van der Waals surface area (Å²) < 4.78 is 14.7. The molecule has 164 valence electrons. The number of carbonyl (C=O) groups excluding carboxylic acids is 1. The molecule has 2 aromatic rings. The molecule has 1 fully saturated rings. The summed E-state index contributed by atoms with van der Waals surface area (Å²) in [5.74, 6) is -1.01. The van der Waals surface area contributed by atoms with Crippen molar-refractivity contribution in [2.24, 2.45) is 11.0 Å². The van der Waals surface area contributed by atoms with Crippen LogP contribution in [0.3, 0.4) is 0 Å². The topological polar surface area (TPSA) is 39.2 Å². The van der Waals surface area contributed by atoms with E-state index in [4.69, 9.17) is 35.0 Å². The van der Waals surface area contributed by atoms with Crippen LogP contribution in [0.5, 0.6) is 0 Å². The standard InChI is InChI=1S/C22H22Cl3FN4O/c1-14-20(22(31)30(25)28-11-3-2-4-12-28)27-29(19-10-7-16(23)13-18(19)24)21(14)15-5-8-17(26)9-6-15/h5-10,13-14,21H,2-4,11-12H2,1H3/t14-,21+/m1/s1. The molecule has 1 saturated heterocycles. The van der Waals surface area contributed by atoms with E-state index in [0.717, 1.165) is 42.4 Å². The van der Waals surface area contributed by atoms with Crippen molar-refractivity contribution in [2.75, 3.05) is 18.1 Å². The maximum Gasteiger partial charge on any atom is 0.299 e. The number of halogens is 4. The van der Waals surface area contributed by atoms with Gasteiger partial charge in [0.2, 0.25) is 0 Å². The number of hydrogen-bond acceptors (Lipinski definition) is 4. The van der Waals surface area contributed by atoms with Gasteiger partial charge in [-0.15, -0.1) is 0 Å². The van der Waals surface area contributed by atoms with Crippen molar-refractivity contribution in [1.29, 1.82) is 0 Å². The average molecular weight is 484 g/mol. The lowest BCUT2D eigenvalue weighted by atomic mass is 9.91. The first-order chi connectivity index (χ1) is 14.9. The lowest BCUT2D eigenvalue weighted by Gasteiger charge is -2.32. The largest absolute Gasteiger partial charge is 0.299 e. The second-order valence-corrected chi connectivity index (χ2v) is 8.95. The maximum atomic E-state index is 13.6. The second-order valence-electron chi connectivity index (χ2n) is 7.79. The van der Waals surface area contributed by atoms with Gasteiger partial charge in [-0.25, -0.2) is 9.40 Å². The maximum absolute atomic E-state index is 13.6. The molecule has 0 N–H and O–H groups in total. The molecule has 2 aromatic carbocycles. The highest BCUT2D eigenvalue weighted by Gasteiger charge is 2.42. The Balaban J connectivity index is 1.71. The molecule has 0 spiro atoms. The van der Waals surface area contributed by atoms with Gasteiger partial charge in [0.25, 0.3) is 5.91 Å². The van der Waals surface area contributed by atoms with Crippen molar-refractivity contribution < 1.29 is 9.18 Å². The van der Waals surface area contributed by atoms with Gasteiger partial charge in [-0.05, 0) is 48.7 Å². The SMILES string of the molecule is C[C@@H]1C(C(=O)N(Cl)N2CCCCC2)=NN(c2ccc(Cl)cc2Cl)[C@@H]1c1ccc(F)cc1. The molecule has 9 heteroatoms. The molecule has 0 bridgehead atoms. The van der Waals surface area contributed by atoms with Crippen molar-refractivity contribution in [1.82, 2.24) is 9.54 Å². The molecule has 2 aliphatic rings. The number of piperidine rings is 1. The monoisotopic (exact) mass is 482 g/mol. The van der Waals surface area contributed by atoms with Crippen LogP contribution in [0, 0.1) is 11.7 Å². The number of hydrogen-bond donors (Lipinski definition) is 0. The minimum Gasteiger partial charge on any atom is -0.265 e. The van der Waals surface area contributed by atoms with Crippen LogP contribution < -0.4 is 5.01 Å². The molecule has 0 saturated carbocycles. The van der Waals surface area contributed by atoms with E-state index in [1.165, 1.54) is 12.1 Å². The Bertz CT molecular complexity index is 995. The van der Waals surface area contributed by atoms with Crippen molar-refractivity contribution >= 4 is 52.3 Å². The van der Waals surface area contributed by atoms with Crippen LogP contribution in [0.1, 0.15) is 37.8 Å². The summed E-state index contributed by atoms with van der Waals surface area (Å²) in [6.45, 7) is 3.37. The first-order valence-electron chi connectivity index (χ1n) is 10.2. The van der Waals surface area contributed by atoms with Gasteiger partial charge in [0.15, 0.2) is 0 Å². The molecular formula is C22H22Cl3FN4O. The van der Waals surface area contributed by atoms with Crippen LogP contribution in [-0.4, -0.2) is 34.2 Å². The quantitative estimate of drug-likeness (QED) is 0.496. The van der Waals surface area contributed by atoms with Crippen LogP contribution in [0.25, 0.3) is 0 Å². The Morgan fingerprint density at radius 2 is 1.77 bits per heavy atom. The molecule has 5 nitrogen and oxygen atoms in total. The summed E-state index contributed by atoms with van der Waals surface area (Å²) in [4.78, 5) is 13.3. The Labute approximate surface area is 196 Å². The predicted molar refractivity (Wildman–Crippen MR) is 123 cm³/mol. The van der Waals surface area contributed by atoms with Crippen LogP contribution >= 0.6 is 35.0 Å². The number of anilines is 1. The van der Waals surface area contributed by atoms with Crippen LogP contribution in [-0.2, 0) is 4.79 Å². The highest BCUT2D eigenvalue weighted by Crippen LogP contribution is 2.42. The first-order valence-corrected chi connectivity index (χ1v) is 11.3. The van der Waals surface area contributed by atoms with Gasteiger partial charge in [0.05, 0.1) is 16.8 Å². The van der Waals surface area contributed by atoms with Crippen molar-refractivity contribution in [3.63, 3.8) is 0 Å². The third-order valence-electron chi connectivity index (χ3n) is 5.72. The molecule has 1 amide bonds. The van der Waals surface area contributed by atoms with E-state index in [0.29, 0.717) is 21.4 Å². The number of nitrogens with zero attached hydrogens (tertiary/aromatic N) is 4. The van der Waals surface area contributed by atoms with Gasteiger partial charge in [-0.1, -0.05) is 48.7 Å². The lowest BCUT2D eigenvalue weighted by Crippen LogP contribution is -2.46. The zero-order chi connectivity index (χ0) is 22.1. The molecule has 31 heavy (non-hydrogen) atoms. The third-order valence-corrected chi connectivity index (χ3v) is 6.62. The molecule has 2 heterocycles. The molecule has 0 aliphatic carbocycles. The summed E-state index contributed by atoms with van der Waals surface area (Å²) in [6, 6.07) is 10.9. The second kappa shape index (κ2) is 9.33.